The van der Waals surface area contributed by atoms with Crippen molar-refractivity contribution in [2.45, 2.75) is 44.3 Å². The molecule has 3 N–H and O–H groups in total. The van der Waals surface area contributed by atoms with Crippen LogP contribution in [0.4, 0.5) is 10.1 Å². The molecule has 0 aliphatic carbocycles. The van der Waals surface area contributed by atoms with Crippen molar-refractivity contribution in [2.24, 2.45) is 0 Å². The largest absolute Gasteiger partial charge is 0.374 e. The Labute approximate surface area is 234 Å². The van der Waals surface area contributed by atoms with E-state index in [4.69, 9.17) is 23.2 Å². The van der Waals surface area contributed by atoms with Gasteiger partial charge < -0.3 is 25.4 Å². The lowest BCUT2D eigenvalue weighted by molar-refractivity contribution is -0.131. The average Bonchev–Trinajstić information content (AvgIpc) is 2.92. The fraction of sp³-hybridized carbons (Fsp3) is 0.393. The van der Waals surface area contributed by atoms with Crippen LogP contribution in [0.5, 0.6) is 0 Å². The van der Waals surface area contributed by atoms with Crippen molar-refractivity contribution in [1.29, 1.82) is 0 Å². The number of benzene rings is 2. The number of aromatic amines is 1. The molecule has 2 aromatic carbocycles. The number of hydrogen-bond acceptors (Lipinski definition) is 5. The van der Waals surface area contributed by atoms with Gasteiger partial charge in [0.05, 0.1) is 23.7 Å². The van der Waals surface area contributed by atoms with Crippen LogP contribution in [0.25, 0.3) is 10.8 Å². The summed E-state index contributed by atoms with van der Waals surface area (Å²) in [7, 11) is 0. The summed E-state index contributed by atoms with van der Waals surface area (Å²) in [5, 5.41) is 7.93. The number of aromatic nitrogens is 1. The maximum absolute atomic E-state index is 15.0. The van der Waals surface area contributed by atoms with Crippen molar-refractivity contribution in [3.05, 3.63) is 73.4 Å². The molecule has 2 amide bonds. The lowest BCUT2D eigenvalue weighted by Crippen LogP contribution is -2.62. The molecule has 204 valence electrons. The Balaban J connectivity index is 1.21. The number of piperidine rings is 2. The summed E-state index contributed by atoms with van der Waals surface area (Å²) in [6, 6.07) is 7.82. The van der Waals surface area contributed by atoms with E-state index in [-0.39, 0.29) is 53.3 Å². The van der Waals surface area contributed by atoms with Crippen LogP contribution in [-0.4, -0.2) is 64.9 Å². The molecule has 3 unspecified atom stereocenters. The Kier molecular flexibility index (Phi) is 6.77. The van der Waals surface area contributed by atoms with Crippen LogP contribution in [0.3, 0.4) is 0 Å². The molecule has 2 bridgehead atoms. The van der Waals surface area contributed by atoms with Crippen LogP contribution in [0.1, 0.15) is 47.4 Å². The van der Waals surface area contributed by atoms with Crippen molar-refractivity contribution in [3.8, 4) is 0 Å². The van der Waals surface area contributed by atoms with E-state index in [1.807, 2.05) is 13.0 Å². The average molecular weight is 572 g/mol. The number of carbonyl (C=O) groups excluding carboxylic acids is 2. The van der Waals surface area contributed by atoms with Crippen molar-refractivity contribution in [2.75, 3.05) is 31.5 Å². The first-order chi connectivity index (χ1) is 18.7. The van der Waals surface area contributed by atoms with Crippen molar-refractivity contribution in [1.82, 2.24) is 20.1 Å². The Bertz CT molecular complexity index is 1550. The molecular formula is C28H28Cl2FN5O3. The summed E-state index contributed by atoms with van der Waals surface area (Å²) < 4.78 is 15.0. The van der Waals surface area contributed by atoms with E-state index in [1.54, 1.807) is 21.9 Å². The zero-order valence-corrected chi connectivity index (χ0v) is 22.8. The minimum absolute atomic E-state index is 0.0796. The second-order valence-electron chi connectivity index (χ2n) is 10.6. The normalized spacial score (nSPS) is 22.2. The minimum atomic E-state index is -0.658. The smallest absolute Gasteiger partial charge is 0.270 e. The van der Waals surface area contributed by atoms with E-state index >= 15 is 0 Å². The molecule has 0 spiro atoms. The molecule has 5 heterocycles. The van der Waals surface area contributed by atoms with Gasteiger partial charge in [0.2, 0.25) is 5.91 Å². The van der Waals surface area contributed by atoms with E-state index in [9.17, 15) is 18.8 Å². The zero-order chi connectivity index (χ0) is 27.4. The van der Waals surface area contributed by atoms with Gasteiger partial charge in [0.25, 0.3) is 11.5 Å². The molecular weight excluding hydrogens is 544 g/mol. The third-order valence-electron chi connectivity index (χ3n) is 8.21. The number of fused-ring (bicyclic) bond motifs is 5. The van der Waals surface area contributed by atoms with Gasteiger partial charge in [-0.2, -0.15) is 0 Å². The number of pyridine rings is 1. The number of H-pyrrole nitrogens is 1. The summed E-state index contributed by atoms with van der Waals surface area (Å²) in [5.41, 5.74) is 1.60. The number of hydrogen-bond donors (Lipinski definition) is 3. The number of piperazine rings is 1. The fourth-order valence-electron chi connectivity index (χ4n) is 6.17. The highest BCUT2D eigenvalue weighted by Gasteiger charge is 2.37. The summed E-state index contributed by atoms with van der Waals surface area (Å²) in [6.07, 6.45) is 2.57. The van der Waals surface area contributed by atoms with E-state index in [0.717, 1.165) is 36.6 Å². The Morgan fingerprint density at radius 3 is 2.67 bits per heavy atom. The number of nitrogens with zero attached hydrogens (tertiary/aromatic N) is 2. The predicted octanol–water partition coefficient (Wildman–Crippen LogP) is 4.11. The topological polar surface area (TPSA) is 97.5 Å². The van der Waals surface area contributed by atoms with E-state index in [0.29, 0.717) is 34.9 Å². The van der Waals surface area contributed by atoms with Crippen LogP contribution in [-0.2, 0) is 11.2 Å². The molecule has 7 rings (SSSR count). The minimum Gasteiger partial charge on any atom is -0.374 e. The van der Waals surface area contributed by atoms with Crippen LogP contribution in [0.2, 0.25) is 10.0 Å². The van der Waals surface area contributed by atoms with Gasteiger partial charge in [-0.3, -0.25) is 14.4 Å². The summed E-state index contributed by atoms with van der Waals surface area (Å²) in [4.78, 5) is 45.3. The number of nitrogens with one attached hydrogen (secondary N) is 3. The Morgan fingerprint density at radius 1 is 1.13 bits per heavy atom. The van der Waals surface area contributed by atoms with Gasteiger partial charge in [-0.15, -0.1) is 0 Å². The second kappa shape index (κ2) is 10.1. The van der Waals surface area contributed by atoms with Crippen LogP contribution < -0.4 is 16.2 Å². The Hall–Kier alpha value is -3.14. The van der Waals surface area contributed by atoms with Gasteiger partial charge in [-0.05, 0) is 73.0 Å². The van der Waals surface area contributed by atoms with Crippen molar-refractivity contribution in [3.63, 3.8) is 0 Å². The van der Waals surface area contributed by atoms with E-state index in [2.05, 4.69) is 15.6 Å². The number of rotatable bonds is 4. The summed E-state index contributed by atoms with van der Waals surface area (Å²) in [5.74, 6) is -1.11. The maximum Gasteiger partial charge on any atom is 0.270 e. The molecule has 1 aromatic heterocycles. The second-order valence-corrected chi connectivity index (χ2v) is 11.4. The number of carbonyl (C=O) groups is 2. The molecule has 3 aromatic rings. The lowest BCUT2D eigenvalue weighted by Gasteiger charge is -2.45. The van der Waals surface area contributed by atoms with Gasteiger partial charge in [0.15, 0.2) is 0 Å². The first kappa shape index (κ1) is 26.1. The van der Waals surface area contributed by atoms with Crippen LogP contribution >= 0.6 is 23.2 Å². The number of anilines is 1. The number of amides is 2. The summed E-state index contributed by atoms with van der Waals surface area (Å²) in [6.45, 7) is 3.58. The van der Waals surface area contributed by atoms with Gasteiger partial charge in [-0.1, -0.05) is 23.2 Å². The quantitative estimate of drug-likeness (QED) is 0.438. The van der Waals surface area contributed by atoms with E-state index < -0.39 is 11.4 Å². The molecule has 39 heavy (non-hydrogen) atoms. The molecule has 4 aliphatic rings. The molecule has 8 nitrogen and oxygen atoms in total. The first-order valence-electron chi connectivity index (χ1n) is 13.1. The van der Waals surface area contributed by atoms with Crippen molar-refractivity contribution < 1.29 is 14.0 Å². The highest BCUT2D eigenvalue weighted by Crippen LogP contribution is 2.37. The molecule has 3 atom stereocenters. The van der Waals surface area contributed by atoms with Gasteiger partial charge in [-0.25, -0.2) is 4.39 Å². The molecule has 0 saturated carbocycles. The molecule has 3 fully saturated rings. The summed E-state index contributed by atoms with van der Waals surface area (Å²) >= 11 is 12.6. The highest BCUT2D eigenvalue weighted by molar-refractivity contribution is 6.35. The third-order valence-corrected chi connectivity index (χ3v) is 8.74. The molecule has 4 aliphatic heterocycles. The zero-order valence-electron chi connectivity index (χ0n) is 21.3. The van der Waals surface area contributed by atoms with Crippen LogP contribution in [0, 0.1) is 5.82 Å². The van der Waals surface area contributed by atoms with Crippen LogP contribution in [0.15, 0.2) is 35.1 Å². The molecule has 11 heteroatoms. The lowest BCUT2D eigenvalue weighted by atomic mass is 9.92. The number of halogens is 3. The highest BCUT2D eigenvalue weighted by atomic mass is 35.5. The fourth-order valence-corrected chi connectivity index (χ4v) is 6.86. The monoisotopic (exact) mass is 571 g/mol. The Morgan fingerprint density at radius 2 is 1.95 bits per heavy atom. The SMILES string of the molecule is CC1c2c(Cl)cc(Cl)cc2CCN1C(=O)CNc1cc2cc(C(=O)N3CC4CCC3CN4)[nH]c(=O)c2cc1F. The molecule has 0 radical (unpaired) electrons. The van der Waals surface area contributed by atoms with E-state index in [1.165, 1.54) is 6.07 Å². The van der Waals surface area contributed by atoms with Crippen molar-refractivity contribution >= 4 is 51.5 Å². The van der Waals surface area contributed by atoms with Gasteiger partial charge in [0, 0.05) is 41.8 Å². The van der Waals surface area contributed by atoms with Gasteiger partial charge in [0.1, 0.15) is 11.5 Å². The first-order valence-corrected chi connectivity index (χ1v) is 13.9. The molecule has 3 saturated heterocycles. The predicted molar refractivity (Wildman–Crippen MR) is 149 cm³/mol. The third kappa shape index (κ3) is 4.77. The standard InChI is InChI=1S/C28H28Cl2FN5O3/c1-14-26-15(6-17(29)9-21(26)30)4-5-35(14)25(37)12-33-23-7-16-8-24(34-27(38)20(16)10-22(23)31)28(39)36-13-18-2-3-19(36)11-32-18/h6-10,14,18-19,32-33H,2-5,11-13H2,1H3,(H,34,38). The van der Waals surface area contributed by atoms with Gasteiger partial charge >= 0.3 is 0 Å². The maximum atomic E-state index is 15.0.